The number of carbonyl (C=O) groups is 5. The van der Waals surface area contributed by atoms with Crippen LogP contribution in [0.4, 0.5) is 0 Å². The molecular formula is C39H33NO7. The molecule has 4 aliphatic rings. The van der Waals surface area contributed by atoms with Crippen LogP contribution in [0.2, 0.25) is 0 Å². The largest absolute Gasteiger partial charge is 0.456 e. The van der Waals surface area contributed by atoms with Crippen LogP contribution in [0.5, 0.6) is 5.75 Å². The Hall–Kier alpha value is -5.37. The number of hydrogen-bond acceptors (Lipinski definition) is 7. The molecule has 3 atom stereocenters. The van der Waals surface area contributed by atoms with E-state index in [2.05, 4.69) is 0 Å². The van der Waals surface area contributed by atoms with E-state index in [-0.39, 0.29) is 47.3 Å². The van der Waals surface area contributed by atoms with Gasteiger partial charge in [0.1, 0.15) is 11.8 Å². The summed E-state index contributed by atoms with van der Waals surface area (Å²) in [6.07, 6.45) is 0.209. The van der Waals surface area contributed by atoms with Crippen molar-refractivity contribution in [2.24, 2.45) is 17.8 Å². The van der Waals surface area contributed by atoms with Gasteiger partial charge < -0.3 is 9.47 Å². The van der Waals surface area contributed by atoms with Gasteiger partial charge in [0.25, 0.3) is 0 Å². The third-order valence-corrected chi connectivity index (χ3v) is 9.50. The van der Waals surface area contributed by atoms with Crippen molar-refractivity contribution < 1.29 is 33.4 Å². The first-order valence-corrected chi connectivity index (χ1v) is 15.9. The van der Waals surface area contributed by atoms with Crippen LogP contribution < -0.4 is 4.74 Å². The van der Waals surface area contributed by atoms with E-state index in [1.165, 1.54) is 24.3 Å². The molecule has 0 radical (unpaired) electrons. The van der Waals surface area contributed by atoms with E-state index in [0.717, 1.165) is 27.2 Å². The van der Waals surface area contributed by atoms with Gasteiger partial charge in [0.2, 0.25) is 11.8 Å². The summed E-state index contributed by atoms with van der Waals surface area (Å²) in [6.45, 7) is 3.25. The molecule has 8 heteroatoms. The number of esters is 2. The van der Waals surface area contributed by atoms with E-state index in [9.17, 15) is 24.0 Å². The third-order valence-electron chi connectivity index (χ3n) is 9.50. The molecule has 1 aliphatic heterocycles. The van der Waals surface area contributed by atoms with Crippen molar-refractivity contribution >= 4 is 29.5 Å². The molecule has 0 aromatic heterocycles. The Morgan fingerprint density at radius 3 is 1.64 bits per heavy atom. The first kappa shape index (κ1) is 30.3. The molecule has 4 aromatic rings. The minimum Gasteiger partial charge on any atom is -0.456 e. The lowest BCUT2D eigenvalue weighted by molar-refractivity contribution is -0.158. The first-order valence-electron chi connectivity index (χ1n) is 15.9. The summed E-state index contributed by atoms with van der Waals surface area (Å²) in [5.74, 6) is -4.10. The fourth-order valence-electron chi connectivity index (χ4n) is 7.53. The smallest absolute Gasteiger partial charge is 0.343 e. The number of benzene rings is 4. The molecule has 3 aliphatic carbocycles. The molecule has 8 nitrogen and oxygen atoms in total. The lowest BCUT2D eigenvalue weighted by atomic mass is 9.55. The van der Waals surface area contributed by atoms with Crippen LogP contribution >= 0.6 is 0 Å². The van der Waals surface area contributed by atoms with Gasteiger partial charge in [-0.3, -0.25) is 19.3 Å². The molecule has 2 amide bonds. The fraction of sp³-hybridized carbons (Fsp3) is 0.256. The summed E-state index contributed by atoms with van der Waals surface area (Å²) >= 11 is 0. The Balaban J connectivity index is 1.08. The van der Waals surface area contributed by atoms with Crippen molar-refractivity contribution in [2.75, 3.05) is 6.61 Å². The highest BCUT2D eigenvalue weighted by Gasteiger charge is 2.63. The SMILES string of the molecule is CC(C)CC(C(=O)OCC(=O)c1ccc(OC(=O)c2ccccc2)cc1)N1C(=O)C2C3c4ccccc4C(c4ccccc43)C2C1=O. The minimum absolute atomic E-state index is 0.0382. The number of Topliss-reactive ketones (excluding diaryl/α,β-unsaturated/α-hetero) is 1. The van der Waals surface area contributed by atoms with Crippen molar-refractivity contribution in [1.82, 2.24) is 4.90 Å². The maximum atomic E-state index is 14.2. The maximum absolute atomic E-state index is 14.2. The van der Waals surface area contributed by atoms with Gasteiger partial charge in [0.15, 0.2) is 12.4 Å². The monoisotopic (exact) mass is 627 g/mol. The summed E-state index contributed by atoms with van der Waals surface area (Å²) in [7, 11) is 0. The van der Waals surface area contributed by atoms with Gasteiger partial charge in [0, 0.05) is 17.4 Å². The molecule has 1 heterocycles. The number of imide groups is 1. The van der Waals surface area contributed by atoms with Crippen LogP contribution in [0.25, 0.3) is 0 Å². The fourth-order valence-corrected chi connectivity index (χ4v) is 7.53. The van der Waals surface area contributed by atoms with Gasteiger partial charge in [-0.05, 0) is 71.0 Å². The number of amides is 2. The van der Waals surface area contributed by atoms with E-state index in [1.54, 1.807) is 30.3 Å². The van der Waals surface area contributed by atoms with Gasteiger partial charge >= 0.3 is 11.9 Å². The molecule has 0 saturated carbocycles. The molecule has 0 N–H and O–H groups in total. The summed E-state index contributed by atoms with van der Waals surface area (Å²) < 4.78 is 10.9. The molecule has 4 aromatic carbocycles. The molecule has 1 saturated heterocycles. The molecular weight excluding hydrogens is 594 g/mol. The number of nitrogens with zero attached hydrogens (tertiary/aromatic N) is 1. The Morgan fingerprint density at radius 2 is 1.15 bits per heavy atom. The molecule has 236 valence electrons. The minimum atomic E-state index is -1.15. The topological polar surface area (TPSA) is 107 Å². The second-order valence-electron chi connectivity index (χ2n) is 12.8. The number of rotatable bonds is 9. The quantitative estimate of drug-likeness (QED) is 0.0979. The van der Waals surface area contributed by atoms with Crippen LogP contribution in [-0.2, 0) is 19.1 Å². The average molecular weight is 628 g/mol. The van der Waals surface area contributed by atoms with Crippen molar-refractivity contribution in [2.45, 2.75) is 38.1 Å². The molecule has 1 fully saturated rings. The van der Waals surface area contributed by atoms with Crippen LogP contribution in [-0.4, -0.2) is 47.1 Å². The normalized spacial score (nSPS) is 21.1. The highest BCUT2D eigenvalue weighted by molar-refractivity contribution is 6.10. The molecule has 47 heavy (non-hydrogen) atoms. The highest BCUT2D eigenvalue weighted by Crippen LogP contribution is 2.61. The van der Waals surface area contributed by atoms with Crippen molar-refractivity contribution in [3.8, 4) is 5.75 Å². The Labute approximate surface area is 272 Å². The molecule has 8 rings (SSSR count). The van der Waals surface area contributed by atoms with Gasteiger partial charge in [0.05, 0.1) is 17.4 Å². The molecule has 3 unspecified atom stereocenters. The molecule has 2 bridgehead atoms. The standard InChI is InChI=1S/C39H33NO7/c1-22(2)20-30(39(45)46-21-31(41)23-16-18-25(19-17-23)47-38(44)24-10-4-3-5-11-24)40-36(42)34-32-26-12-6-7-13-27(26)33(35(34)37(40)43)29-15-9-8-14-28(29)32/h3-19,22,30,32-35H,20-21H2,1-2H3. The van der Waals surface area contributed by atoms with E-state index >= 15 is 0 Å². The van der Waals surface area contributed by atoms with Crippen LogP contribution in [0, 0.1) is 17.8 Å². The zero-order valence-corrected chi connectivity index (χ0v) is 26.0. The number of likely N-dealkylation sites (tertiary alicyclic amines) is 1. The lowest BCUT2D eigenvalue weighted by Crippen LogP contribution is -2.47. The van der Waals surface area contributed by atoms with E-state index in [0.29, 0.717) is 5.56 Å². The maximum Gasteiger partial charge on any atom is 0.343 e. The predicted molar refractivity (Wildman–Crippen MR) is 172 cm³/mol. The predicted octanol–water partition coefficient (Wildman–Crippen LogP) is 5.94. The number of ether oxygens (including phenoxy) is 2. The summed E-state index contributed by atoms with van der Waals surface area (Å²) in [4.78, 5) is 68.6. The lowest BCUT2D eigenvalue weighted by Gasteiger charge is -2.45. The van der Waals surface area contributed by atoms with Crippen LogP contribution in [0.1, 0.15) is 75.1 Å². The second-order valence-corrected chi connectivity index (χ2v) is 12.8. The van der Waals surface area contributed by atoms with Crippen molar-refractivity contribution in [3.05, 3.63) is 137 Å². The van der Waals surface area contributed by atoms with Gasteiger partial charge in [-0.25, -0.2) is 9.59 Å². The zero-order valence-electron chi connectivity index (χ0n) is 26.0. The van der Waals surface area contributed by atoms with Crippen molar-refractivity contribution in [1.29, 1.82) is 0 Å². The Bertz CT molecular complexity index is 1780. The third kappa shape index (κ3) is 5.23. The summed E-state index contributed by atoms with van der Waals surface area (Å²) in [5.41, 5.74) is 4.85. The summed E-state index contributed by atoms with van der Waals surface area (Å²) in [5, 5.41) is 0. The zero-order chi connectivity index (χ0) is 32.8. The number of hydrogen-bond donors (Lipinski definition) is 0. The Kier molecular flexibility index (Phi) is 7.80. The molecule has 0 spiro atoms. The van der Waals surface area contributed by atoms with Crippen LogP contribution in [0.15, 0.2) is 103 Å². The summed E-state index contributed by atoms with van der Waals surface area (Å²) in [6, 6.07) is 29.3. The van der Waals surface area contributed by atoms with Gasteiger partial charge in [-0.2, -0.15) is 0 Å². The van der Waals surface area contributed by atoms with E-state index < -0.39 is 42.2 Å². The highest BCUT2D eigenvalue weighted by atomic mass is 16.5. The van der Waals surface area contributed by atoms with E-state index in [4.69, 9.17) is 9.47 Å². The van der Waals surface area contributed by atoms with Crippen LogP contribution in [0.3, 0.4) is 0 Å². The van der Waals surface area contributed by atoms with Gasteiger partial charge in [-0.15, -0.1) is 0 Å². The number of ketones is 1. The first-order chi connectivity index (χ1) is 22.7. The van der Waals surface area contributed by atoms with E-state index in [1.807, 2.05) is 62.4 Å². The average Bonchev–Trinajstić information content (AvgIpc) is 3.36. The Morgan fingerprint density at radius 1 is 0.660 bits per heavy atom. The van der Waals surface area contributed by atoms with Gasteiger partial charge in [-0.1, -0.05) is 80.6 Å². The van der Waals surface area contributed by atoms with Crippen molar-refractivity contribution in [3.63, 3.8) is 0 Å². The number of carbonyl (C=O) groups excluding carboxylic acids is 5. The second kappa shape index (κ2) is 12.1.